The molecule has 1 atom stereocenters. The van der Waals surface area contributed by atoms with Gasteiger partial charge in [-0.15, -0.1) is 0 Å². The monoisotopic (exact) mass is 479 g/mol. The molecular formula is C24H38SSn. The van der Waals surface area contributed by atoms with Gasteiger partial charge in [-0.3, -0.25) is 0 Å². The minimum absolute atomic E-state index is 0.183. The molecule has 0 amide bonds. The average Bonchev–Trinajstić information content (AvgIpc) is 2.71. The predicted octanol–water partition coefficient (Wildman–Crippen LogP) is 8.46. The van der Waals surface area contributed by atoms with Crippen LogP contribution in [0.1, 0.15) is 66.2 Å². The number of rotatable bonds is 13. The van der Waals surface area contributed by atoms with Crippen LogP contribution in [0.2, 0.25) is 13.3 Å². The zero-order valence-electron chi connectivity index (χ0n) is 18.1. The maximum atomic E-state index is 9.23. The van der Waals surface area contributed by atoms with Gasteiger partial charge in [-0.2, -0.15) is 0 Å². The Kier molecular flexibility index (Phi) is 9.76. The molecule has 2 aromatic rings. The van der Waals surface area contributed by atoms with E-state index in [0.29, 0.717) is 0 Å². The molecule has 0 saturated carbocycles. The number of hydrogen-bond donors (Lipinski definition) is 0. The molecule has 0 heterocycles. The van der Waals surface area contributed by atoms with Gasteiger partial charge in [0.25, 0.3) is 0 Å². The predicted molar refractivity (Wildman–Crippen MR) is 125 cm³/mol. The number of hydrogen-bond acceptors (Lipinski definition) is 1. The van der Waals surface area contributed by atoms with Crippen LogP contribution in [-0.2, 0) is 5.75 Å². The van der Waals surface area contributed by atoms with Gasteiger partial charge >= 0.3 is 172 Å². The van der Waals surface area contributed by atoms with Gasteiger partial charge in [0, 0.05) is 0 Å². The summed E-state index contributed by atoms with van der Waals surface area (Å²) in [5, 5.41) is 2.70. The van der Waals surface area contributed by atoms with Crippen LogP contribution in [0.3, 0.4) is 0 Å². The third-order valence-electron chi connectivity index (χ3n) is 5.54. The van der Waals surface area contributed by atoms with Crippen molar-refractivity contribution in [1.82, 2.24) is 0 Å². The Morgan fingerprint density at radius 3 is 2.00 bits per heavy atom. The molecule has 0 saturated heterocycles. The summed E-state index contributed by atoms with van der Waals surface area (Å²) in [5.74, 6) is 0.999. The summed E-state index contributed by atoms with van der Waals surface area (Å²) >= 11 is -0.485. The van der Waals surface area contributed by atoms with E-state index in [-0.39, 0.29) is 3.74 Å². The number of thioether (sulfide) groups is 1. The van der Waals surface area contributed by atoms with Crippen molar-refractivity contribution in [2.75, 3.05) is 3.74 Å². The second-order valence-corrected chi connectivity index (χ2v) is 22.7. The topological polar surface area (TPSA) is 0 Å². The summed E-state index contributed by atoms with van der Waals surface area (Å²) in [6.45, 7) is 6.95. The van der Waals surface area contributed by atoms with E-state index in [9.17, 15) is 1.37 Å². The molecule has 0 aliphatic carbocycles. The fourth-order valence-corrected chi connectivity index (χ4v) is 23.1. The van der Waals surface area contributed by atoms with Gasteiger partial charge in [0.1, 0.15) is 0 Å². The quantitative estimate of drug-likeness (QED) is 0.260. The molecule has 0 aliphatic rings. The van der Waals surface area contributed by atoms with Crippen molar-refractivity contribution in [3.8, 4) is 0 Å². The van der Waals surface area contributed by atoms with Crippen LogP contribution in [0, 0.1) is 0 Å². The zero-order valence-corrected chi connectivity index (χ0v) is 20.8. The number of fused-ring (bicyclic) bond motifs is 1. The van der Waals surface area contributed by atoms with Crippen molar-refractivity contribution < 1.29 is 1.37 Å². The van der Waals surface area contributed by atoms with E-state index in [0.717, 1.165) is 5.75 Å². The summed E-state index contributed by atoms with van der Waals surface area (Å²) in [4.78, 5) is 0. The second-order valence-electron chi connectivity index (χ2n) is 7.74. The Labute approximate surface area is 171 Å². The molecule has 0 aliphatic heterocycles. The van der Waals surface area contributed by atoms with Gasteiger partial charge < -0.3 is 0 Å². The molecule has 0 radical (unpaired) electrons. The summed E-state index contributed by atoms with van der Waals surface area (Å²) in [6, 6.07) is 15.4. The van der Waals surface area contributed by atoms with Crippen LogP contribution in [-0.4, -0.2) is 22.1 Å². The van der Waals surface area contributed by atoms with E-state index >= 15 is 0 Å². The van der Waals surface area contributed by atoms with Crippen LogP contribution in [0.15, 0.2) is 42.5 Å². The first-order valence-electron chi connectivity index (χ1n) is 11.2. The van der Waals surface area contributed by atoms with Crippen LogP contribution in [0.4, 0.5) is 0 Å². The third kappa shape index (κ3) is 6.78. The molecule has 0 unspecified atom stereocenters. The Morgan fingerprint density at radius 1 is 0.808 bits per heavy atom. The molecule has 2 rings (SSSR count). The molecule has 0 N–H and O–H groups in total. The molecule has 0 nitrogen and oxygen atoms in total. The first-order chi connectivity index (χ1) is 13.2. The Bertz CT molecular complexity index is 645. The van der Waals surface area contributed by atoms with E-state index in [2.05, 4.69) is 63.2 Å². The first-order valence-corrected chi connectivity index (χ1v) is 19.4. The van der Waals surface area contributed by atoms with Crippen LogP contribution in [0.5, 0.6) is 0 Å². The number of unbranched alkanes of at least 4 members (excludes halogenated alkanes) is 3. The van der Waals surface area contributed by atoms with Crippen molar-refractivity contribution in [2.24, 2.45) is 0 Å². The van der Waals surface area contributed by atoms with Gasteiger partial charge in [-0.05, 0) is 0 Å². The molecular weight excluding hydrogens is 439 g/mol. The Hall–Kier alpha value is -0.151. The standard InChI is InChI=1S/C12H11S.3C4H9.Sn/c1-13-9-11-7-4-6-10-5-2-3-8-12(10)11;3*1-3-4-2;/h2-8H,1,9H2;3*1,3-4H2,2H3;/i1D;;;;. The van der Waals surface area contributed by atoms with E-state index in [4.69, 9.17) is 0 Å². The summed E-state index contributed by atoms with van der Waals surface area (Å²) in [6.07, 6.45) is 7.93. The van der Waals surface area contributed by atoms with Gasteiger partial charge in [-0.1, -0.05) is 0 Å². The van der Waals surface area contributed by atoms with Crippen molar-refractivity contribution >= 4 is 40.9 Å². The molecule has 0 bridgehead atoms. The molecule has 0 fully saturated rings. The van der Waals surface area contributed by atoms with E-state index in [1.165, 1.54) is 68.2 Å². The van der Waals surface area contributed by atoms with Crippen molar-refractivity contribution in [1.29, 1.82) is 0 Å². The number of benzene rings is 2. The molecule has 144 valence electrons. The minimum atomic E-state index is -2.45. The van der Waals surface area contributed by atoms with Crippen molar-refractivity contribution in [3.63, 3.8) is 0 Å². The third-order valence-corrected chi connectivity index (χ3v) is 23.9. The summed E-state index contributed by atoms with van der Waals surface area (Å²) < 4.78 is 13.7. The van der Waals surface area contributed by atoms with Crippen LogP contribution in [0.25, 0.3) is 10.8 Å². The molecule has 2 aromatic carbocycles. The SMILES string of the molecule is [2H][C@H](SCc1cccc2ccccc12)[Sn]([CH2]CCC)([CH2]CCC)[CH2]CCC. The fraction of sp³-hybridized carbons (Fsp3) is 0.583. The van der Waals surface area contributed by atoms with Gasteiger partial charge in [-0.25, -0.2) is 0 Å². The van der Waals surface area contributed by atoms with Crippen molar-refractivity contribution in [3.05, 3.63) is 48.0 Å². The van der Waals surface area contributed by atoms with E-state index < -0.39 is 18.4 Å². The average molecular weight is 478 g/mol. The first kappa shape index (κ1) is 20.6. The molecule has 2 heteroatoms. The van der Waals surface area contributed by atoms with Gasteiger partial charge in [0.2, 0.25) is 0 Å². The summed E-state index contributed by atoms with van der Waals surface area (Å²) in [7, 11) is 0. The van der Waals surface area contributed by atoms with E-state index in [1.54, 1.807) is 0 Å². The fourth-order valence-electron chi connectivity index (χ4n) is 3.86. The molecule has 26 heavy (non-hydrogen) atoms. The maximum absolute atomic E-state index is 9.23. The molecule has 0 aromatic heterocycles. The van der Waals surface area contributed by atoms with Crippen molar-refractivity contribution in [2.45, 2.75) is 78.4 Å². The van der Waals surface area contributed by atoms with E-state index in [1.807, 2.05) is 11.8 Å². The van der Waals surface area contributed by atoms with Gasteiger partial charge in [0.15, 0.2) is 0 Å². The Morgan fingerprint density at radius 2 is 1.38 bits per heavy atom. The normalized spacial score (nSPS) is 13.7. The zero-order chi connectivity index (χ0) is 19.5. The summed E-state index contributed by atoms with van der Waals surface area (Å²) in [5.41, 5.74) is 1.41. The van der Waals surface area contributed by atoms with Crippen LogP contribution >= 0.6 is 11.8 Å². The Balaban J connectivity index is 2.15. The molecule has 0 spiro atoms. The second kappa shape index (κ2) is 12.3. The van der Waals surface area contributed by atoms with Crippen LogP contribution < -0.4 is 0 Å². The van der Waals surface area contributed by atoms with Gasteiger partial charge in [0.05, 0.1) is 0 Å².